The third kappa shape index (κ3) is 7.52. The maximum atomic E-state index is 6.18. The Hall–Kier alpha value is -0.240. The van der Waals surface area contributed by atoms with E-state index in [1.54, 1.807) is 6.07 Å². The summed E-state index contributed by atoms with van der Waals surface area (Å²) in [5.41, 5.74) is 7.29. The first-order chi connectivity index (χ1) is 9.63. The molecule has 2 N–H and O–H groups in total. The molecule has 0 saturated heterocycles. The van der Waals surface area contributed by atoms with Crippen LogP contribution >= 0.6 is 23.2 Å². The molecule has 0 saturated carbocycles. The normalized spacial score (nSPS) is 12.6. The Bertz CT molecular complexity index is 379. The molecule has 1 aromatic carbocycles. The van der Waals surface area contributed by atoms with Crippen molar-refractivity contribution in [1.82, 2.24) is 0 Å². The van der Waals surface area contributed by atoms with Crippen molar-refractivity contribution < 1.29 is 0 Å². The zero-order chi connectivity index (χ0) is 14.8. The molecule has 0 fully saturated rings. The molecule has 0 heterocycles. The van der Waals surface area contributed by atoms with Crippen LogP contribution in [0.5, 0.6) is 0 Å². The van der Waals surface area contributed by atoms with Crippen LogP contribution in [0, 0.1) is 0 Å². The molecular formula is C17H27Cl2N. The second-order valence-electron chi connectivity index (χ2n) is 5.61. The highest BCUT2D eigenvalue weighted by Gasteiger charge is 2.07. The summed E-state index contributed by atoms with van der Waals surface area (Å²) in [5, 5.41) is 1.41. The minimum Gasteiger partial charge on any atom is -0.327 e. The van der Waals surface area contributed by atoms with Crippen LogP contribution in [-0.4, -0.2) is 6.04 Å². The van der Waals surface area contributed by atoms with E-state index in [4.69, 9.17) is 28.9 Å². The quantitative estimate of drug-likeness (QED) is 0.526. The SMILES string of the molecule is CCCCCCCCCC(N)Cc1ccc(Cl)cc1Cl. The predicted molar refractivity (Wildman–Crippen MR) is 90.8 cm³/mol. The van der Waals surface area contributed by atoms with E-state index in [-0.39, 0.29) is 6.04 Å². The van der Waals surface area contributed by atoms with Crippen molar-refractivity contribution in [2.45, 2.75) is 70.8 Å². The van der Waals surface area contributed by atoms with Gasteiger partial charge in [-0.05, 0) is 30.5 Å². The minimum absolute atomic E-state index is 0.198. The predicted octanol–water partition coefficient (Wildman–Crippen LogP) is 6.00. The van der Waals surface area contributed by atoms with E-state index in [2.05, 4.69) is 6.92 Å². The van der Waals surface area contributed by atoms with Gasteiger partial charge in [-0.2, -0.15) is 0 Å². The third-order valence-electron chi connectivity index (χ3n) is 3.68. The minimum atomic E-state index is 0.198. The van der Waals surface area contributed by atoms with Gasteiger partial charge in [0.25, 0.3) is 0 Å². The lowest BCUT2D eigenvalue weighted by molar-refractivity contribution is 0.528. The number of hydrogen-bond acceptors (Lipinski definition) is 1. The van der Waals surface area contributed by atoms with Gasteiger partial charge in [0.1, 0.15) is 0 Å². The fourth-order valence-corrected chi connectivity index (χ4v) is 2.92. The Morgan fingerprint density at radius 3 is 2.30 bits per heavy atom. The molecule has 1 aromatic rings. The van der Waals surface area contributed by atoms with Gasteiger partial charge >= 0.3 is 0 Å². The molecule has 0 aliphatic rings. The van der Waals surface area contributed by atoms with E-state index < -0.39 is 0 Å². The molecule has 20 heavy (non-hydrogen) atoms. The maximum Gasteiger partial charge on any atom is 0.0453 e. The van der Waals surface area contributed by atoms with Crippen molar-refractivity contribution in [3.05, 3.63) is 33.8 Å². The van der Waals surface area contributed by atoms with Gasteiger partial charge < -0.3 is 5.73 Å². The van der Waals surface area contributed by atoms with Gasteiger partial charge in [-0.1, -0.05) is 81.1 Å². The molecular weight excluding hydrogens is 289 g/mol. The average molecular weight is 316 g/mol. The van der Waals surface area contributed by atoms with Gasteiger partial charge in [-0.15, -0.1) is 0 Å². The Balaban J connectivity index is 2.15. The second-order valence-corrected chi connectivity index (χ2v) is 6.45. The van der Waals surface area contributed by atoms with Gasteiger partial charge in [-0.25, -0.2) is 0 Å². The lowest BCUT2D eigenvalue weighted by Gasteiger charge is -2.13. The van der Waals surface area contributed by atoms with Gasteiger partial charge in [0.15, 0.2) is 0 Å². The largest absolute Gasteiger partial charge is 0.327 e. The number of halogens is 2. The Labute approximate surface area is 133 Å². The molecule has 0 radical (unpaired) electrons. The van der Waals surface area contributed by atoms with Gasteiger partial charge in [0, 0.05) is 16.1 Å². The fourth-order valence-electron chi connectivity index (χ4n) is 2.44. The molecule has 0 amide bonds. The van der Waals surface area contributed by atoms with E-state index >= 15 is 0 Å². The molecule has 3 heteroatoms. The molecule has 0 spiro atoms. The Morgan fingerprint density at radius 2 is 1.65 bits per heavy atom. The first kappa shape index (κ1) is 17.8. The summed E-state index contributed by atoms with van der Waals surface area (Å²) < 4.78 is 0. The Morgan fingerprint density at radius 1 is 1.00 bits per heavy atom. The van der Waals surface area contributed by atoms with Gasteiger partial charge in [0.2, 0.25) is 0 Å². The van der Waals surface area contributed by atoms with Crippen molar-refractivity contribution in [1.29, 1.82) is 0 Å². The average Bonchev–Trinajstić information content (AvgIpc) is 2.41. The van der Waals surface area contributed by atoms with Crippen LogP contribution < -0.4 is 5.73 Å². The van der Waals surface area contributed by atoms with E-state index in [0.29, 0.717) is 5.02 Å². The molecule has 0 bridgehead atoms. The molecule has 0 aliphatic carbocycles. The highest BCUT2D eigenvalue weighted by Crippen LogP contribution is 2.22. The van der Waals surface area contributed by atoms with E-state index in [9.17, 15) is 0 Å². The zero-order valence-corrected chi connectivity index (χ0v) is 14.0. The smallest absolute Gasteiger partial charge is 0.0453 e. The van der Waals surface area contributed by atoms with E-state index in [1.807, 2.05) is 12.1 Å². The second kappa shape index (κ2) is 10.5. The summed E-state index contributed by atoms with van der Waals surface area (Å²) in [6.07, 6.45) is 11.2. The van der Waals surface area contributed by atoms with Crippen LogP contribution in [0.1, 0.15) is 63.9 Å². The first-order valence-electron chi connectivity index (χ1n) is 7.83. The number of rotatable bonds is 10. The standard InChI is InChI=1S/C17H27Cl2N/c1-2-3-4-5-6-7-8-9-16(20)12-14-10-11-15(18)13-17(14)19/h10-11,13,16H,2-9,12,20H2,1H3. The molecule has 1 rings (SSSR count). The highest BCUT2D eigenvalue weighted by molar-refractivity contribution is 6.35. The number of hydrogen-bond donors (Lipinski definition) is 1. The topological polar surface area (TPSA) is 26.0 Å². The molecule has 1 unspecified atom stereocenters. The van der Waals surface area contributed by atoms with Crippen LogP contribution in [-0.2, 0) is 6.42 Å². The summed E-state index contributed by atoms with van der Waals surface area (Å²) in [6, 6.07) is 5.85. The summed E-state index contributed by atoms with van der Waals surface area (Å²) in [6.45, 7) is 2.25. The van der Waals surface area contributed by atoms with Crippen molar-refractivity contribution in [2.75, 3.05) is 0 Å². The molecule has 0 aromatic heterocycles. The number of nitrogens with two attached hydrogens (primary N) is 1. The first-order valence-corrected chi connectivity index (χ1v) is 8.58. The van der Waals surface area contributed by atoms with Crippen LogP contribution in [0.3, 0.4) is 0 Å². The molecule has 1 atom stereocenters. The zero-order valence-electron chi connectivity index (χ0n) is 12.5. The van der Waals surface area contributed by atoms with Crippen molar-refractivity contribution >= 4 is 23.2 Å². The van der Waals surface area contributed by atoms with Crippen molar-refractivity contribution in [3.8, 4) is 0 Å². The molecule has 1 nitrogen and oxygen atoms in total. The maximum absolute atomic E-state index is 6.18. The van der Waals surface area contributed by atoms with Gasteiger partial charge in [0.05, 0.1) is 0 Å². The van der Waals surface area contributed by atoms with E-state index in [1.165, 1.54) is 44.9 Å². The van der Waals surface area contributed by atoms with Crippen LogP contribution in [0.25, 0.3) is 0 Å². The van der Waals surface area contributed by atoms with Crippen LogP contribution in [0.2, 0.25) is 10.0 Å². The lowest BCUT2D eigenvalue weighted by Crippen LogP contribution is -2.22. The summed E-state index contributed by atoms with van der Waals surface area (Å²) in [7, 11) is 0. The number of benzene rings is 1. The molecule has 114 valence electrons. The fraction of sp³-hybridized carbons (Fsp3) is 0.647. The summed E-state index contributed by atoms with van der Waals surface area (Å²) >= 11 is 12.1. The van der Waals surface area contributed by atoms with Crippen LogP contribution in [0.15, 0.2) is 18.2 Å². The Kier molecular flexibility index (Phi) is 9.33. The summed E-state index contributed by atoms with van der Waals surface area (Å²) in [4.78, 5) is 0. The lowest BCUT2D eigenvalue weighted by atomic mass is 10.0. The van der Waals surface area contributed by atoms with Gasteiger partial charge in [-0.3, -0.25) is 0 Å². The third-order valence-corrected chi connectivity index (χ3v) is 4.26. The molecule has 0 aliphatic heterocycles. The van der Waals surface area contributed by atoms with E-state index in [0.717, 1.165) is 23.4 Å². The monoisotopic (exact) mass is 315 g/mol. The van der Waals surface area contributed by atoms with Crippen molar-refractivity contribution in [3.63, 3.8) is 0 Å². The number of unbranched alkanes of at least 4 members (excludes halogenated alkanes) is 6. The van der Waals surface area contributed by atoms with Crippen molar-refractivity contribution in [2.24, 2.45) is 5.73 Å². The summed E-state index contributed by atoms with van der Waals surface area (Å²) in [5.74, 6) is 0. The highest BCUT2D eigenvalue weighted by atomic mass is 35.5. The van der Waals surface area contributed by atoms with Crippen LogP contribution in [0.4, 0.5) is 0 Å².